The molecule has 0 N–H and O–H groups in total. The zero-order valence-electron chi connectivity index (χ0n) is 16.5. The van der Waals surface area contributed by atoms with Crippen LogP contribution in [0, 0.1) is 13.8 Å². The fraction of sp³-hybridized carbons (Fsp3) is 0.364. The van der Waals surface area contributed by atoms with Gasteiger partial charge in [-0.3, -0.25) is 0 Å². The Morgan fingerprint density at radius 2 is 1.23 bits per heavy atom. The first-order valence-corrected chi connectivity index (χ1v) is 9.11. The van der Waals surface area contributed by atoms with Gasteiger partial charge in [-0.25, -0.2) is 0 Å². The lowest BCUT2D eigenvalue weighted by atomic mass is 9.86. The van der Waals surface area contributed by atoms with Gasteiger partial charge in [-0.05, 0) is 36.1 Å². The molecule has 0 aliphatic rings. The predicted octanol–water partition coefficient (Wildman–Crippen LogP) is 7.96. The third-order valence-electron chi connectivity index (χ3n) is 4.97. The second kappa shape index (κ2) is 8.59. The molecule has 0 amide bonds. The summed E-state index contributed by atoms with van der Waals surface area (Å²) in [5, 5.41) is 0. The van der Waals surface area contributed by atoms with E-state index in [9.17, 15) is 39.5 Å². The van der Waals surface area contributed by atoms with Gasteiger partial charge in [0.2, 0.25) is 0 Å². The highest BCUT2D eigenvalue weighted by Crippen LogP contribution is 2.55. The Morgan fingerprint density at radius 1 is 0.710 bits per heavy atom. The molecule has 0 heterocycles. The Kier molecular flexibility index (Phi) is 6.88. The molecule has 0 nitrogen and oxygen atoms in total. The lowest BCUT2D eigenvalue weighted by Crippen LogP contribution is -2.61. The Balaban J connectivity index is 2.50. The summed E-state index contributed by atoms with van der Waals surface area (Å²) >= 11 is 0. The molecule has 2 rings (SSSR count). The van der Waals surface area contributed by atoms with E-state index < -0.39 is 36.3 Å². The molecule has 0 saturated heterocycles. The van der Waals surface area contributed by atoms with Crippen molar-refractivity contribution in [1.29, 1.82) is 0 Å². The summed E-state index contributed by atoms with van der Waals surface area (Å²) in [6.45, 7) is 3.19. The van der Waals surface area contributed by atoms with Gasteiger partial charge >= 0.3 is 23.9 Å². The van der Waals surface area contributed by atoms with E-state index in [0.29, 0.717) is 11.1 Å². The normalized spacial score (nSPS) is 14.8. The van der Waals surface area contributed by atoms with Crippen molar-refractivity contribution < 1.29 is 39.5 Å². The van der Waals surface area contributed by atoms with Gasteiger partial charge in [-0.15, -0.1) is 0 Å². The minimum Gasteiger partial charge on any atom is -0.200 e. The third kappa shape index (κ3) is 4.91. The summed E-state index contributed by atoms with van der Waals surface area (Å²) in [6, 6.07) is 12.5. The average molecular weight is 454 g/mol. The van der Waals surface area contributed by atoms with Gasteiger partial charge < -0.3 is 0 Å². The molecule has 0 aromatic heterocycles. The van der Waals surface area contributed by atoms with Crippen LogP contribution < -0.4 is 0 Å². The molecular weight excluding hydrogens is 435 g/mol. The summed E-state index contributed by atoms with van der Waals surface area (Å²) < 4.78 is 120. The Hall–Kier alpha value is -2.45. The molecule has 2 aromatic rings. The van der Waals surface area contributed by atoms with Crippen LogP contribution in [-0.4, -0.2) is 23.9 Å². The highest BCUT2D eigenvalue weighted by molar-refractivity contribution is 5.55. The molecule has 1 unspecified atom stereocenters. The number of benzene rings is 2. The number of alkyl halides is 9. The smallest absolute Gasteiger partial charge is 0.200 e. The highest BCUT2D eigenvalue weighted by atomic mass is 19.4. The summed E-state index contributed by atoms with van der Waals surface area (Å²) in [5.41, 5.74) is 1.78. The minimum atomic E-state index is -6.90. The second-order valence-corrected chi connectivity index (χ2v) is 7.23. The zero-order valence-corrected chi connectivity index (χ0v) is 16.5. The van der Waals surface area contributed by atoms with Crippen molar-refractivity contribution in [3.63, 3.8) is 0 Å². The number of hydrogen-bond donors (Lipinski definition) is 0. The predicted molar refractivity (Wildman–Crippen MR) is 99.6 cm³/mol. The van der Waals surface area contributed by atoms with Gasteiger partial charge in [-0.1, -0.05) is 60.7 Å². The topological polar surface area (TPSA) is 0 Å². The van der Waals surface area contributed by atoms with Crippen LogP contribution in [0.3, 0.4) is 0 Å². The van der Waals surface area contributed by atoms with Crippen LogP contribution in [-0.2, 0) is 0 Å². The molecule has 9 heteroatoms. The maximum atomic E-state index is 14.3. The lowest BCUT2D eigenvalue weighted by Gasteiger charge is -2.35. The number of allylic oxidation sites excluding steroid dienone is 1. The molecule has 2 aromatic carbocycles. The first-order valence-electron chi connectivity index (χ1n) is 9.11. The van der Waals surface area contributed by atoms with Crippen LogP contribution in [0.25, 0.3) is 6.08 Å². The van der Waals surface area contributed by atoms with E-state index in [0.717, 1.165) is 11.6 Å². The molecule has 0 aliphatic heterocycles. The van der Waals surface area contributed by atoms with Crippen LogP contribution in [0.5, 0.6) is 0 Å². The van der Waals surface area contributed by atoms with Gasteiger partial charge in [-0.2, -0.15) is 39.5 Å². The highest BCUT2D eigenvalue weighted by Gasteiger charge is 2.81. The van der Waals surface area contributed by atoms with Crippen LogP contribution in [0.4, 0.5) is 39.5 Å². The molecule has 0 aliphatic carbocycles. The molecule has 0 bridgehead atoms. The molecular formula is C22H19F9. The van der Waals surface area contributed by atoms with Gasteiger partial charge in [0.05, 0.1) is 0 Å². The maximum Gasteiger partial charge on any atom is 0.460 e. The van der Waals surface area contributed by atoms with E-state index in [1.807, 2.05) is 0 Å². The summed E-state index contributed by atoms with van der Waals surface area (Å²) in [7, 11) is 0. The summed E-state index contributed by atoms with van der Waals surface area (Å²) in [6.07, 6.45) is -6.32. The lowest BCUT2D eigenvalue weighted by molar-refractivity contribution is -0.396. The number of hydrogen-bond acceptors (Lipinski definition) is 0. The van der Waals surface area contributed by atoms with Crippen molar-refractivity contribution in [2.75, 3.05) is 0 Å². The quantitative estimate of drug-likeness (QED) is 0.373. The first-order chi connectivity index (χ1) is 14.1. The summed E-state index contributed by atoms with van der Waals surface area (Å²) in [5.74, 6) is -20.8. The van der Waals surface area contributed by atoms with Crippen molar-refractivity contribution in [1.82, 2.24) is 0 Å². The van der Waals surface area contributed by atoms with Gasteiger partial charge in [0.1, 0.15) is 0 Å². The largest absolute Gasteiger partial charge is 0.460 e. The SMILES string of the molecule is Cc1ccccc1/C=C/C(CC(F)(F)C(F)(F)C(F)(F)C(F)(F)F)c1ccccc1C. The molecule has 170 valence electrons. The molecule has 0 fully saturated rings. The number of halogens is 9. The molecule has 0 radical (unpaired) electrons. The first kappa shape index (κ1) is 24.8. The maximum absolute atomic E-state index is 14.3. The Bertz CT molecular complexity index is 927. The molecule has 0 saturated carbocycles. The Morgan fingerprint density at radius 3 is 1.74 bits per heavy atom. The third-order valence-corrected chi connectivity index (χ3v) is 4.97. The van der Waals surface area contributed by atoms with E-state index in [4.69, 9.17) is 0 Å². The average Bonchev–Trinajstić information content (AvgIpc) is 2.65. The van der Waals surface area contributed by atoms with Crippen LogP contribution in [0.2, 0.25) is 0 Å². The van der Waals surface area contributed by atoms with Crippen LogP contribution in [0.1, 0.15) is 34.6 Å². The van der Waals surface area contributed by atoms with Crippen molar-refractivity contribution in [2.24, 2.45) is 0 Å². The van der Waals surface area contributed by atoms with Gasteiger partial charge in [0, 0.05) is 12.3 Å². The number of aryl methyl sites for hydroxylation is 2. The van der Waals surface area contributed by atoms with Crippen molar-refractivity contribution in [2.45, 2.75) is 50.1 Å². The standard InChI is InChI=1S/C22H19F9/c1-14-7-3-5-9-16(14)11-12-17(18-10-6-4-8-15(18)2)13-19(23,24)20(25,26)21(27,28)22(29,30)31/h3-12,17H,13H2,1-2H3/b12-11+. The fourth-order valence-corrected chi connectivity index (χ4v) is 3.09. The zero-order chi connectivity index (χ0) is 23.7. The molecule has 1 atom stereocenters. The monoisotopic (exact) mass is 454 g/mol. The van der Waals surface area contributed by atoms with E-state index in [2.05, 4.69) is 0 Å². The Labute approximate surface area is 173 Å². The minimum absolute atomic E-state index is 0.109. The van der Waals surface area contributed by atoms with E-state index in [1.54, 1.807) is 37.3 Å². The van der Waals surface area contributed by atoms with E-state index >= 15 is 0 Å². The molecule has 31 heavy (non-hydrogen) atoms. The van der Waals surface area contributed by atoms with Crippen LogP contribution in [0.15, 0.2) is 54.6 Å². The summed E-state index contributed by atoms with van der Waals surface area (Å²) in [4.78, 5) is 0. The van der Waals surface area contributed by atoms with E-state index in [1.165, 1.54) is 31.2 Å². The van der Waals surface area contributed by atoms with Crippen molar-refractivity contribution >= 4 is 6.08 Å². The fourth-order valence-electron chi connectivity index (χ4n) is 3.09. The molecule has 0 spiro atoms. The van der Waals surface area contributed by atoms with Crippen molar-refractivity contribution in [3.05, 3.63) is 76.9 Å². The van der Waals surface area contributed by atoms with Gasteiger partial charge in [0.15, 0.2) is 0 Å². The van der Waals surface area contributed by atoms with Gasteiger partial charge in [0.25, 0.3) is 0 Å². The van der Waals surface area contributed by atoms with E-state index in [-0.39, 0.29) is 5.56 Å². The number of rotatable bonds is 7. The van der Waals surface area contributed by atoms with Crippen molar-refractivity contribution in [3.8, 4) is 0 Å². The van der Waals surface area contributed by atoms with Crippen LogP contribution >= 0.6 is 0 Å². The second-order valence-electron chi connectivity index (χ2n) is 7.23.